The number of nitro groups is 1. The quantitative estimate of drug-likeness (QED) is 0.530. The maximum Gasteiger partial charge on any atom is 0.293 e. The first-order valence-electron chi connectivity index (χ1n) is 8.19. The number of halogens is 3. The van der Waals surface area contributed by atoms with Crippen LogP contribution in [0.2, 0.25) is 15.1 Å². The molecule has 3 rings (SSSR count). The van der Waals surface area contributed by atoms with Gasteiger partial charge in [-0.2, -0.15) is 0 Å². The standard InChI is InChI=1S/C17H15Cl3N4O4/c18-11-8-12(19)16(13(20)9-11)21-22-17(25)10-1-2-14(15(7-10)24(26)27)23-3-5-28-6-4-23/h1-2,7-9,21H,3-6H2,(H,22,25). The molecule has 0 spiro atoms. The molecule has 1 saturated heterocycles. The Morgan fingerprint density at radius 1 is 1.11 bits per heavy atom. The Labute approximate surface area is 175 Å². The highest BCUT2D eigenvalue weighted by Gasteiger charge is 2.23. The Balaban J connectivity index is 1.78. The average Bonchev–Trinajstić information content (AvgIpc) is 2.67. The number of carbonyl (C=O) groups excluding carboxylic acids is 1. The van der Waals surface area contributed by atoms with Gasteiger partial charge in [0, 0.05) is 29.7 Å². The lowest BCUT2D eigenvalue weighted by Gasteiger charge is -2.28. The number of nitrogens with zero attached hydrogens (tertiary/aromatic N) is 2. The number of anilines is 2. The molecule has 0 unspecified atom stereocenters. The first kappa shape index (κ1) is 20.5. The summed E-state index contributed by atoms with van der Waals surface area (Å²) in [6.45, 7) is 2.07. The van der Waals surface area contributed by atoms with Crippen molar-refractivity contribution in [1.82, 2.24) is 5.43 Å². The number of morpholine rings is 1. The summed E-state index contributed by atoms with van der Waals surface area (Å²) in [6.07, 6.45) is 0. The van der Waals surface area contributed by atoms with Gasteiger partial charge in [0.25, 0.3) is 11.6 Å². The number of hydrogen-bond donors (Lipinski definition) is 2. The lowest BCUT2D eigenvalue weighted by molar-refractivity contribution is -0.384. The van der Waals surface area contributed by atoms with Gasteiger partial charge >= 0.3 is 0 Å². The molecule has 0 atom stereocenters. The summed E-state index contributed by atoms with van der Waals surface area (Å²) >= 11 is 17.9. The summed E-state index contributed by atoms with van der Waals surface area (Å²) in [5.41, 5.74) is 5.70. The second-order valence-corrected chi connectivity index (χ2v) is 7.13. The van der Waals surface area contributed by atoms with E-state index < -0.39 is 10.8 Å². The largest absolute Gasteiger partial charge is 0.378 e. The first-order chi connectivity index (χ1) is 13.4. The third-order valence-electron chi connectivity index (χ3n) is 4.09. The van der Waals surface area contributed by atoms with Crippen molar-refractivity contribution in [1.29, 1.82) is 0 Å². The molecule has 8 nitrogen and oxygen atoms in total. The molecule has 1 amide bonds. The fourth-order valence-electron chi connectivity index (χ4n) is 2.74. The van der Waals surface area contributed by atoms with Crippen molar-refractivity contribution in [2.24, 2.45) is 0 Å². The molecule has 2 aromatic rings. The van der Waals surface area contributed by atoms with E-state index in [1.165, 1.54) is 24.3 Å². The summed E-state index contributed by atoms with van der Waals surface area (Å²) in [5.74, 6) is -0.585. The predicted molar refractivity (Wildman–Crippen MR) is 109 cm³/mol. The number of rotatable bonds is 5. The van der Waals surface area contributed by atoms with Crippen molar-refractivity contribution in [3.63, 3.8) is 0 Å². The van der Waals surface area contributed by atoms with Gasteiger partial charge in [0.2, 0.25) is 0 Å². The number of hydrazine groups is 1. The number of ether oxygens (including phenoxy) is 1. The summed E-state index contributed by atoms with van der Waals surface area (Å²) in [7, 11) is 0. The van der Waals surface area contributed by atoms with Crippen LogP contribution in [-0.4, -0.2) is 37.1 Å². The zero-order valence-electron chi connectivity index (χ0n) is 14.4. The highest BCUT2D eigenvalue weighted by atomic mass is 35.5. The van der Waals surface area contributed by atoms with E-state index in [0.717, 1.165) is 0 Å². The monoisotopic (exact) mass is 444 g/mol. The van der Waals surface area contributed by atoms with Gasteiger partial charge in [0.05, 0.1) is 33.9 Å². The Morgan fingerprint density at radius 3 is 2.36 bits per heavy atom. The molecule has 1 aliphatic heterocycles. The van der Waals surface area contributed by atoms with Crippen LogP contribution in [0.5, 0.6) is 0 Å². The van der Waals surface area contributed by atoms with Crippen LogP contribution in [0.4, 0.5) is 17.1 Å². The molecule has 1 aliphatic rings. The summed E-state index contributed by atoms with van der Waals surface area (Å²) in [5, 5.41) is 12.3. The van der Waals surface area contributed by atoms with Crippen LogP contribution in [0.25, 0.3) is 0 Å². The van der Waals surface area contributed by atoms with E-state index in [4.69, 9.17) is 39.5 Å². The third-order valence-corrected chi connectivity index (χ3v) is 4.91. The maximum absolute atomic E-state index is 12.4. The number of nitro benzene ring substituents is 1. The van der Waals surface area contributed by atoms with Gasteiger partial charge in [0.15, 0.2) is 0 Å². The minimum atomic E-state index is -0.585. The van der Waals surface area contributed by atoms with E-state index in [1.54, 1.807) is 6.07 Å². The SMILES string of the molecule is O=C(NNc1c(Cl)cc(Cl)cc1Cl)c1ccc(N2CCOCC2)c([N+](=O)[O-])c1. The van der Waals surface area contributed by atoms with Gasteiger partial charge in [0.1, 0.15) is 5.69 Å². The topological polar surface area (TPSA) is 96.7 Å². The lowest BCUT2D eigenvalue weighted by Crippen LogP contribution is -2.36. The van der Waals surface area contributed by atoms with E-state index in [0.29, 0.717) is 37.0 Å². The lowest BCUT2D eigenvalue weighted by atomic mass is 10.1. The van der Waals surface area contributed by atoms with Gasteiger partial charge in [-0.15, -0.1) is 0 Å². The molecule has 0 aromatic heterocycles. The minimum Gasteiger partial charge on any atom is -0.378 e. The van der Waals surface area contributed by atoms with Crippen molar-refractivity contribution < 1.29 is 14.5 Å². The molecule has 28 heavy (non-hydrogen) atoms. The molecular weight excluding hydrogens is 431 g/mol. The third kappa shape index (κ3) is 4.59. The summed E-state index contributed by atoms with van der Waals surface area (Å²) in [6, 6.07) is 7.23. The Hall–Kier alpha value is -2.26. The van der Waals surface area contributed by atoms with Crippen LogP contribution in [0.1, 0.15) is 10.4 Å². The Kier molecular flexibility index (Phi) is 6.46. The number of benzene rings is 2. The van der Waals surface area contributed by atoms with E-state index >= 15 is 0 Å². The minimum absolute atomic E-state index is 0.109. The molecule has 0 radical (unpaired) electrons. The van der Waals surface area contributed by atoms with Crippen molar-refractivity contribution in [2.75, 3.05) is 36.6 Å². The van der Waals surface area contributed by atoms with E-state index in [2.05, 4.69) is 10.9 Å². The first-order valence-corrected chi connectivity index (χ1v) is 9.32. The molecule has 2 aromatic carbocycles. The molecule has 11 heteroatoms. The summed E-state index contributed by atoms with van der Waals surface area (Å²) in [4.78, 5) is 25.3. The van der Waals surface area contributed by atoms with Crippen LogP contribution >= 0.6 is 34.8 Å². The van der Waals surface area contributed by atoms with Gasteiger partial charge in [-0.3, -0.25) is 25.8 Å². The van der Waals surface area contributed by atoms with Gasteiger partial charge in [-0.1, -0.05) is 34.8 Å². The molecule has 0 saturated carbocycles. The van der Waals surface area contributed by atoms with Crippen molar-refractivity contribution in [3.05, 3.63) is 61.1 Å². The van der Waals surface area contributed by atoms with Crippen LogP contribution in [0, 0.1) is 10.1 Å². The number of nitrogens with one attached hydrogen (secondary N) is 2. The van der Waals surface area contributed by atoms with Crippen LogP contribution in [0.15, 0.2) is 30.3 Å². The summed E-state index contributed by atoms with van der Waals surface area (Å²) < 4.78 is 5.27. The Bertz CT molecular complexity index is 896. The van der Waals surface area contributed by atoms with E-state index in [9.17, 15) is 14.9 Å². The van der Waals surface area contributed by atoms with E-state index in [1.807, 2.05) is 4.90 Å². The molecule has 148 valence electrons. The highest BCUT2D eigenvalue weighted by Crippen LogP contribution is 2.33. The second kappa shape index (κ2) is 8.83. The smallest absolute Gasteiger partial charge is 0.293 e. The second-order valence-electron chi connectivity index (χ2n) is 5.88. The zero-order valence-corrected chi connectivity index (χ0v) is 16.6. The van der Waals surface area contributed by atoms with Crippen molar-refractivity contribution in [2.45, 2.75) is 0 Å². The van der Waals surface area contributed by atoms with E-state index in [-0.39, 0.29) is 27.0 Å². The van der Waals surface area contributed by atoms with Crippen LogP contribution in [0.3, 0.4) is 0 Å². The molecule has 0 aliphatic carbocycles. The number of hydrogen-bond acceptors (Lipinski definition) is 6. The fourth-order valence-corrected chi connectivity index (χ4v) is 3.65. The predicted octanol–water partition coefficient (Wildman–Crippen LogP) is 4.15. The zero-order chi connectivity index (χ0) is 20.3. The van der Waals surface area contributed by atoms with Crippen molar-refractivity contribution in [3.8, 4) is 0 Å². The highest BCUT2D eigenvalue weighted by molar-refractivity contribution is 6.41. The van der Waals surface area contributed by atoms with Gasteiger partial charge < -0.3 is 9.64 Å². The molecule has 1 fully saturated rings. The van der Waals surface area contributed by atoms with Gasteiger partial charge in [-0.25, -0.2) is 0 Å². The van der Waals surface area contributed by atoms with Crippen LogP contribution < -0.4 is 15.8 Å². The normalized spacial score (nSPS) is 13.9. The number of carbonyl (C=O) groups is 1. The average molecular weight is 446 g/mol. The van der Waals surface area contributed by atoms with Crippen molar-refractivity contribution >= 4 is 57.8 Å². The maximum atomic E-state index is 12.4. The van der Waals surface area contributed by atoms with Gasteiger partial charge in [-0.05, 0) is 24.3 Å². The Morgan fingerprint density at radius 2 is 1.75 bits per heavy atom. The number of amides is 1. The molecular formula is C17H15Cl3N4O4. The molecule has 2 N–H and O–H groups in total. The fraction of sp³-hybridized carbons (Fsp3) is 0.235. The molecule has 0 bridgehead atoms. The molecule has 1 heterocycles. The van der Waals surface area contributed by atoms with Crippen LogP contribution in [-0.2, 0) is 4.74 Å².